The van der Waals surface area contributed by atoms with Gasteiger partial charge in [0.15, 0.2) is 5.79 Å². The first-order chi connectivity index (χ1) is 9.48. The van der Waals surface area contributed by atoms with Gasteiger partial charge in [0.25, 0.3) is 0 Å². The number of hydrogen-bond acceptors (Lipinski definition) is 6. The van der Waals surface area contributed by atoms with E-state index < -0.39 is 5.79 Å². The quantitative estimate of drug-likeness (QED) is 0.557. The molecule has 1 saturated heterocycles. The number of nitrogens with zero attached hydrogens (tertiary/aromatic N) is 1. The van der Waals surface area contributed by atoms with E-state index in [1.807, 2.05) is 0 Å². The number of carbonyl (C=O) groups is 1. The van der Waals surface area contributed by atoms with Gasteiger partial charge in [-0.1, -0.05) is 0 Å². The van der Waals surface area contributed by atoms with E-state index >= 15 is 0 Å². The number of ether oxygens (including phenoxy) is 2. The summed E-state index contributed by atoms with van der Waals surface area (Å²) in [4.78, 5) is 11.6. The number of aromatic hydroxyl groups is 2. The van der Waals surface area contributed by atoms with Gasteiger partial charge in [0.05, 0.1) is 25.8 Å². The minimum absolute atomic E-state index is 0.0336. The van der Waals surface area contributed by atoms with Crippen molar-refractivity contribution in [1.29, 1.82) is 0 Å². The van der Waals surface area contributed by atoms with Crippen LogP contribution in [0, 0.1) is 0 Å². The van der Waals surface area contributed by atoms with Crippen LogP contribution in [0.2, 0.25) is 0 Å². The first-order valence-corrected chi connectivity index (χ1v) is 6.10. The number of carbonyl (C=O) groups excluding carboxylic acids is 1. The van der Waals surface area contributed by atoms with E-state index in [0.29, 0.717) is 18.8 Å². The Morgan fingerprint density at radius 3 is 2.80 bits per heavy atom. The highest BCUT2D eigenvalue weighted by Crippen LogP contribution is 2.22. The summed E-state index contributed by atoms with van der Waals surface area (Å²) in [5, 5.41) is 22.4. The molecule has 0 bridgehead atoms. The zero-order chi connectivity index (χ0) is 14.6. The number of hydrazone groups is 1. The van der Waals surface area contributed by atoms with Crippen molar-refractivity contribution in [2.45, 2.75) is 19.1 Å². The van der Waals surface area contributed by atoms with Gasteiger partial charge in [0, 0.05) is 11.6 Å². The molecule has 0 radical (unpaired) electrons. The Labute approximate surface area is 115 Å². The number of phenolic OH excluding ortho intramolecular Hbond substituents is 2. The van der Waals surface area contributed by atoms with Gasteiger partial charge < -0.3 is 19.7 Å². The number of nitrogens with one attached hydrogen (secondary N) is 1. The van der Waals surface area contributed by atoms with Crippen molar-refractivity contribution in [3.05, 3.63) is 23.8 Å². The highest BCUT2D eigenvalue weighted by Gasteiger charge is 2.33. The largest absolute Gasteiger partial charge is 0.508 e. The molecule has 1 aliphatic heterocycles. The molecular weight excluding hydrogens is 264 g/mol. The standard InChI is InChI=1S/C13H16N2O5/c1-13(19-4-5-20-13)7-12(18)15-14-8-9-2-3-10(16)6-11(9)17/h2-3,6,8,16-17H,4-5,7H2,1H3,(H,15,18)/b14-8+. The van der Waals surface area contributed by atoms with E-state index in [9.17, 15) is 9.90 Å². The number of hydrogen-bond donors (Lipinski definition) is 3. The Bertz CT molecular complexity index is 523. The fourth-order valence-electron chi connectivity index (χ4n) is 1.81. The van der Waals surface area contributed by atoms with Crippen molar-refractivity contribution in [2.24, 2.45) is 5.10 Å². The van der Waals surface area contributed by atoms with E-state index in [1.54, 1.807) is 6.92 Å². The predicted octanol–water partition coefficient (Wildman–Crippen LogP) is 0.701. The molecule has 0 atom stereocenters. The summed E-state index contributed by atoms with van der Waals surface area (Å²) in [6.45, 7) is 2.62. The van der Waals surface area contributed by atoms with Gasteiger partial charge in [0.1, 0.15) is 11.5 Å². The third-order valence-electron chi connectivity index (χ3n) is 2.79. The molecule has 1 aromatic rings. The molecule has 1 fully saturated rings. The van der Waals surface area contributed by atoms with Crippen LogP contribution in [0.1, 0.15) is 18.9 Å². The maximum absolute atomic E-state index is 11.6. The topological polar surface area (TPSA) is 100 Å². The second kappa shape index (κ2) is 5.89. The molecular formula is C13H16N2O5. The van der Waals surface area contributed by atoms with E-state index in [2.05, 4.69) is 10.5 Å². The van der Waals surface area contributed by atoms with Crippen molar-refractivity contribution in [2.75, 3.05) is 13.2 Å². The van der Waals surface area contributed by atoms with E-state index in [1.165, 1.54) is 24.4 Å². The molecule has 0 aromatic heterocycles. The Balaban J connectivity index is 1.88. The molecule has 1 heterocycles. The molecule has 1 aromatic carbocycles. The second-order valence-electron chi connectivity index (χ2n) is 4.54. The zero-order valence-electron chi connectivity index (χ0n) is 11.0. The summed E-state index contributed by atoms with van der Waals surface area (Å²) in [5.41, 5.74) is 2.70. The third-order valence-corrected chi connectivity index (χ3v) is 2.79. The van der Waals surface area contributed by atoms with Crippen LogP contribution in [0.15, 0.2) is 23.3 Å². The highest BCUT2D eigenvalue weighted by molar-refractivity contribution is 5.85. The first-order valence-electron chi connectivity index (χ1n) is 6.10. The number of amides is 1. The average Bonchev–Trinajstić information content (AvgIpc) is 2.78. The molecule has 1 aliphatic rings. The monoisotopic (exact) mass is 280 g/mol. The van der Waals surface area contributed by atoms with Crippen molar-refractivity contribution in [1.82, 2.24) is 5.43 Å². The summed E-state index contributed by atoms with van der Waals surface area (Å²) < 4.78 is 10.6. The normalized spacial score (nSPS) is 17.4. The fourth-order valence-corrected chi connectivity index (χ4v) is 1.81. The third kappa shape index (κ3) is 3.69. The minimum atomic E-state index is -0.903. The van der Waals surface area contributed by atoms with Gasteiger partial charge in [-0.3, -0.25) is 4.79 Å². The lowest BCUT2D eigenvalue weighted by molar-refractivity contribution is -0.159. The molecule has 3 N–H and O–H groups in total. The fraction of sp³-hybridized carbons (Fsp3) is 0.385. The van der Waals surface area contributed by atoms with Crippen molar-refractivity contribution in [3.8, 4) is 11.5 Å². The van der Waals surface area contributed by atoms with Crippen LogP contribution in [0.25, 0.3) is 0 Å². The lowest BCUT2D eigenvalue weighted by atomic mass is 10.2. The van der Waals surface area contributed by atoms with Crippen LogP contribution in [0.4, 0.5) is 0 Å². The highest BCUT2D eigenvalue weighted by atomic mass is 16.7. The molecule has 1 amide bonds. The molecule has 7 heteroatoms. The summed E-state index contributed by atoms with van der Waals surface area (Å²) in [5.74, 6) is -1.44. The zero-order valence-corrected chi connectivity index (χ0v) is 11.0. The summed E-state index contributed by atoms with van der Waals surface area (Å²) in [6, 6.07) is 4.07. The average molecular weight is 280 g/mol. The summed E-state index contributed by atoms with van der Waals surface area (Å²) in [7, 11) is 0. The predicted molar refractivity (Wildman–Crippen MR) is 70.4 cm³/mol. The molecule has 2 rings (SSSR count). The first kappa shape index (κ1) is 14.3. The van der Waals surface area contributed by atoms with E-state index in [-0.39, 0.29) is 23.8 Å². The van der Waals surface area contributed by atoms with Crippen LogP contribution in [-0.2, 0) is 14.3 Å². The molecule has 0 aliphatic carbocycles. The van der Waals surface area contributed by atoms with Gasteiger partial charge in [-0.05, 0) is 19.1 Å². The Morgan fingerprint density at radius 1 is 1.45 bits per heavy atom. The maximum Gasteiger partial charge on any atom is 0.245 e. The van der Waals surface area contributed by atoms with E-state index in [4.69, 9.17) is 14.6 Å². The second-order valence-corrected chi connectivity index (χ2v) is 4.54. The van der Waals surface area contributed by atoms with E-state index in [0.717, 1.165) is 0 Å². The van der Waals surface area contributed by atoms with Crippen LogP contribution in [0.3, 0.4) is 0 Å². The van der Waals surface area contributed by atoms with Crippen LogP contribution in [-0.4, -0.2) is 41.3 Å². The Kier molecular flexibility index (Phi) is 4.21. The van der Waals surface area contributed by atoms with Crippen molar-refractivity contribution < 1.29 is 24.5 Å². The van der Waals surface area contributed by atoms with Crippen LogP contribution < -0.4 is 5.43 Å². The molecule has 0 unspecified atom stereocenters. The maximum atomic E-state index is 11.6. The van der Waals surface area contributed by atoms with Crippen LogP contribution >= 0.6 is 0 Å². The molecule has 0 spiro atoms. The van der Waals surface area contributed by atoms with Crippen molar-refractivity contribution in [3.63, 3.8) is 0 Å². The number of phenols is 2. The number of benzene rings is 1. The molecule has 108 valence electrons. The van der Waals surface area contributed by atoms with Gasteiger partial charge in [-0.25, -0.2) is 5.43 Å². The Morgan fingerprint density at radius 2 is 2.15 bits per heavy atom. The van der Waals surface area contributed by atoms with Gasteiger partial charge in [-0.2, -0.15) is 5.10 Å². The lowest BCUT2D eigenvalue weighted by Crippen LogP contribution is -2.33. The van der Waals surface area contributed by atoms with Crippen LogP contribution in [0.5, 0.6) is 11.5 Å². The lowest BCUT2D eigenvalue weighted by Gasteiger charge is -2.20. The van der Waals surface area contributed by atoms with Crippen molar-refractivity contribution >= 4 is 12.1 Å². The summed E-state index contributed by atoms with van der Waals surface area (Å²) in [6.07, 6.45) is 1.32. The summed E-state index contributed by atoms with van der Waals surface area (Å²) >= 11 is 0. The van der Waals surface area contributed by atoms with Gasteiger partial charge in [-0.15, -0.1) is 0 Å². The SMILES string of the molecule is CC1(CC(=O)N/N=C/c2ccc(O)cc2O)OCCO1. The molecule has 0 saturated carbocycles. The van der Waals surface area contributed by atoms with Gasteiger partial charge >= 0.3 is 0 Å². The van der Waals surface area contributed by atoms with Gasteiger partial charge in [0.2, 0.25) is 5.91 Å². The smallest absolute Gasteiger partial charge is 0.245 e. The number of rotatable bonds is 4. The molecule has 20 heavy (non-hydrogen) atoms. The minimum Gasteiger partial charge on any atom is -0.508 e. The Hall–Kier alpha value is -2.12. The molecule has 7 nitrogen and oxygen atoms in total.